The molecule has 0 amide bonds. The summed E-state index contributed by atoms with van der Waals surface area (Å²) >= 11 is 0. The van der Waals surface area contributed by atoms with Gasteiger partial charge in [0, 0.05) is 0 Å². The van der Waals surface area contributed by atoms with Crippen LogP contribution in [0.1, 0.15) is 0 Å². The average Bonchev–Trinajstić information content (AvgIpc) is 2.25. The van der Waals surface area contributed by atoms with Crippen molar-refractivity contribution in [2.45, 2.75) is 13.1 Å². The molecule has 0 fully saturated rings. The molecular formula is C8H16O3Si4. The third-order valence-corrected chi connectivity index (χ3v) is 8.08. The standard InChI is InChI=1S/C8H16O3Si4/c1-15(2)11-13-8-5-3-7(4-6-8)12-10-14-9/h3-6,14-15H,12-13H2,1-2H3. The topological polar surface area (TPSA) is 35.5 Å². The van der Waals surface area contributed by atoms with Gasteiger partial charge in [-0.25, -0.2) is 0 Å². The molecule has 0 bridgehead atoms. The summed E-state index contributed by atoms with van der Waals surface area (Å²) < 4.78 is 21.0. The molecule has 7 heteroatoms. The molecule has 0 aliphatic carbocycles. The smallest absolute Gasteiger partial charge is 0.472 e. The molecule has 0 spiro atoms. The zero-order valence-corrected chi connectivity index (χ0v) is 14.2. The normalized spacial score (nSPS) is 11.9. The van der Waals surface area contributed by atoms with Gasteiger partial charge < -0.3 is 12.7 Å². The fraction of sp³-hybridized carbons (Fsp3) is 0.250. The van der Waals surface area contributed by atoms with Crippen LogP contribution in [0.3, 0.4) is 0 Å². The lowest BCUT2D eigenvalue weighted by Gasteiger charge is -2.06. The molecule has 15 heavy (non-hydrogen) atoms. The van der Waals surface area contributed by atoms with E-state index in [0.717, 1.165) is 0 Å². The Morgan fingerprint density at radius 1 is 1.13 bits per heavy atom. The van der Waals surface area contributed by atoms with E-state index < -0.39 is 38.2 Å². The highest BCUT2D eigenvalue weighted by Crippen LogP contribution is 1.84. The Hall–Kier alpha value is -0.352. The van der Waals surface area contributed by atoms with E-state index in [9.17, 15) is 4.46 Å². The zero-order valence-electron chi connectivity index (χ0n) is 9.10. The van der Waals surface area contributed by atoms with Crippen molar-refractivity contribution in [3.8, 4) is 0 Å². The van der Waals surface area contributed by atoms with Gasteiger partial charge in [0.1, 0.15) is 0 Å². The number of rotatable bonds is 6. The molecule has 0 unspecified atom stereocenters. The highest BCUT2D eigenvalue weighted by Gasteiger charge is 1.99. The molecule has 1 aromatic rings. The van der Waals surface area contributed by atoms with Crippen LogP contribution in [0.2, 0.25) is 13.1 Å². The van der Waals surface area contributed by atoms with E-state index in [0.29, 0.717) is 0 Å². The summed E-state index contributed by atoms with van der Waals surface area (Å²) in [7, 11) is -3.17. The summed E-state index contributed by atoms with van der Waals surface area (Å²) in [6.07, 6.45) is 0. The third-order valence-electron chi connectivity index (χ3n) is 1.92. The first-order valence-electron chi connectivity index (χ1n) is 4.97. The van der Waals surface area contributed by atoms with Gasteiger partial charge >= 0.3 is 9.65 Å². The summed E-state index contributed by atoms with van der Waals surface area (Å²) in [5.74, 6) is 0. The predicted octanol–water partition coefficient (Wildman–Crippen LogP) is -2.18. The van der Waals surface area contributed by atoms with Crippen LogP contribution in [0.25, 0.3) is 0 Å². The van der Waals surface area contributed by atoms with Crippen LogP contribution in [0.4, 0.5) is 0 Å². The highest BCUT2D eigenvalue weighted by molar-refractivity contribution is 6.61. The first kappa shape index (κ1) is 12.7. The number of hydrogen-bond donors (Lipinski definition) is 0. The molecule has 0 saturated heterocycles. The average molecular weight is 273 g/mol. The second-order valence-corrected chi connectivity index (χ2v) is 10.8. The first-order valence-corrected chi connectivity index (χ1v) is 11.3. The number of benzene rings is 1. The van der Waals surface area contributed by atoms with Crippen molar-refractivity contribution in [2.75, 3.05) is 0 Å². The van der Waals surface area contributed by atoms with Gasteiger partial charge in [-0.2, -0.15) is 0 Å². The Bertz CT molecular complexity index is 301. The van der Waals surface area contributed by atoms with Crippen LogP contribution in [0, 0.1) is 0 Å². The van der Waals surface area contributed by atoms with Crippen molar-refractivity contribution >= 4 is 48.6 Å². The zero-order chi connectivity index (χ0) is 11.1. The van der Waals surface area contributed by atoms with Crippen LogP contribution >= 0.6 is 0 Å². The van der Waals surface area contributed by atoms with Crippen molar-refractivity contribution in [1.82, 2.24) is 0 Å². The molecule has 0 atom stereocenters. The third kappa shape index (κ3) is 5.32. The SMILES string of the molecule is C[SiH](C)O[SiH2]c1ccc([SiH2]O[SiH]=O)cc1. The van der Waals surface area contributed by atoms with Gasteiger partial charge in [-0.15, -0.1) is 0 Å². The van der Waals surface area contributed by atoms with Gasteiger partial charge in [0.25, 0.3) is 0 Å². The molecule has 0 N–H and O–H groups in total. The van der Waals surface area contributed by atoms with Crippen molar-refractivity contribution < 1.29 is 12.7 Å². The molecule has 0 aliphatic heterocycles. The van der Waals surface area contributed by atoms with Crippen LogP contribution < -0.4 is 10.4 Å². The van der Waals surface area contributed by atoms with E-state index in [4.69, 9.17) is 8.23 Å². The molecule has 0 aromatic heterocycles. The fourth-order valence-electron chi connectivity index (χ4n) is 1.12. The van der Waals surface area contributed by atoms with E-state index in [-0.39, 0.29) is 0 Å². The molecule has 0 heterocycles. The number of hydrogen-bond acceptors (Lipinski definition) is 3. The van der Waals surface area contributed by atoms with Gasteiger partial charge in [-0.3, -0.25) is 0 Å². The molecular weight excluding hydrogens is 256 g/mol. The van der Waals surface area contributed by atoms with Gasteiger partial charge in [0.2, 0.25) is 9.76 Å². The van der Waals surface area contributed by atoms with Gasteiger partial charge in [0.15, 0.2) is 18.8 Å². The molecule has 82 valence electrons. The molecule has 3 nitrogen and oxygen atoms in total. The molecule has 0 saturated carbocycles. The van der Waals surface area contributed by atoms with E-state index in [1.807, 2.05) is 0 Å². The Morgan fingerprint density at radius 2 is 1.67 bits per heavy atom. The summed E-state index contributed by atoms with van der Waals surface area (Å²) in [4.78, 5) is 0. The maximum atomic E-state index is 10.2. The van der Waals surface area contributed by atoms with Gasteiger partial charge in [-0.1, -0.05) is 24.3 Å². The minimum atomic E-state index is -1.04. The quantitative estimate of drug-likeness (QED) is 0.553. The van der Waals surface area contributed by atoms with Crippen molar-refractivity contribution in [3.05, 3.63) is 24.3 Å². The maximum absolute atomic E-state index is 10.2. The summed E-state index contributed by atoms with van der Waals surface area (Å²) in [6, 6.07) is 8.40. The Balaban J connectivity index is 2.45. The van der Waals surface area contributed by atoms with Gasteiger partial charge in [-0.05, 0) is 23.5 Å². The van der Waals surface area contributed by atoms with Crippen molar-refractivity contribution in [2.24, 2.45) is 0 Å². The van der Waals surface area contributed by atoms with Crippen LogP contribution in [-0.2, 0) is 12.7 Å². The Labute approximate surface area is 98.8 Å². The lowest BCUT2D eigenvalue weighted by molar-refractivity contribution is 0.499. The highest BCUT2D eigenvalue weighted by atomic mass is 28.3. The summed E-state index contributed by atoms with van der Waals surface area (Å²) in [6.45, 7) is 4.39. The first-order chi connectivity index (χ1) is 7.22. The minimum absolute atomic E-state index is 0.514. The van der Waals surface area contributed by atoms with Crippen molar-refractivity contribution in [1.29, 1.82) is 0 Å². The molecule has 1 rings (SSSR count). The largest absolute Gasteiger partial charge is 0.582 e. The Morgan fingerprint density at radius 3 is 2.13 bits per heavy atom. The molecule has 0 radical (unpaired) electrons. The minimum Gasteiger partial charge on any atom is -0.582 e. The maximum Gasteiger partial charge on any atom is 0.472 e. The van der Waals surface area contributed by atoms with E-state index in [1.54, 1.807) is 0 Å². The van der Waals surface area contributed by atoms with E-state index in [1.165, 1.54) is 10.4 Å². The van der Waals surface area contributed by atoms with Gasteiger partial charge in [0.05, 0.1) is 0 Å². The summed E-state index contributed by atoms with van der Waals surface area (Å²) in [5.41, 5.74) is 0. The molecule has 1 aromatic carbocycles. The van der Waals surface area contributed by atoms with Crippen molar-refractivity contribution in [3.63, 3.8) is 0 Å². The predicted molar refractivity (Wildman–Crippen MR) is 71.7 cm³/mol. The van der Waals surface area contributed by atoms with Crippen LogP contribution in [0.5, 0.6) is 0 Å². The van der Waals surface area contributed by atoms with Crippen LogP contribution in [0.15, 0.2) is 24.3 Å². The van der Waals surface area contributed by atoms with E-state index in [2.05, 4.69) is 37.4 Å². The van der Waals surface area contributed by atoms with Crippen LogP contribution in [-0.4, -0.2) is 38.2 Å². The monoisotopic (exact) mass is 272 g/mol. The second-order valence-electron chi connectivity index (χ2n) is 3.58. The molecule has 0 aliphatic rings. The fourth-order valence-corrected chi connectivity index (χ4v) is 5.13. The second kappa shape index (κ2) is 7.01. The summed E-state index contributed by atoms with van der Waals surface area (Å²) in [5, 5.41) is 2.54. The Kier molecular flexibility index (Phi) is 5.94. The lowest BCUT2D eigenvalue weighted by atomic mass is 10.4. The lowest BCUT2D eigenvalue weighted by Crippen LogP contribution is -2.25. The van der Waals surface area contributed by atoms with E-state index >= 15 is 0 Å².